The molecule has 2 aromatic carbocycles. The summed E-state index contributed by atoms with van der Waals surface area (Å²) in [5.74, 6) is 0.412. The second-order valence-corrected chi connectivity index (χ2v) is 8.58. The van der Waals surface area contributed by atoms with Crippen LogP contribution in [-0.4, -0.2) is 64.7 Å². The Morgan fingerprint density at radius 3 is 2.57 bits per heavy atom. The number of nitro groups is 1. The summed E-state index contributed by atoms with van der Waals surface area (Å²) in [6, 6.07) is 10.8. The van der Waals surface area contributed by atoms with E-state index in [1.165, 1.54) is 23.8 Å². The van der Waals surface area contributed by atoms with E-state index in [-0.39, 0.29) is 22.4 Å². The number of hydrogen-bond donors (Lipinski definition) is 1. The zero-order valence-electron chi connectivity index (χ0n) is 19.7. The third-order valence-corrected chi connectivity index (χ3v) is 6.41. The number of nitrogens with zero attached hydrogens (tertiary/aromatic N) is 6. The lowest BCUT2D eigenvalue weighted by atomic mass is 10.1. The van der Waals surface area contributed by atoms with Gasteiger partial charge < -0.3 is 24.4 Å². The number of likely N-dealkylation sites (N-methyl/N-ethyl adjacent to an activating group) is 1. The zero-order valence-corrected chi connectivity index (χ0v) is 19.7. The van der Waals surface area contributed by atoms with Crippen LogP contribution >= 0.6 is 0 Å². The second kappa shape index (κ2) is 8.84. The van der Waals surface area contributed by atoms with Gasteiger partial charge in [0, 0.05) is 56.1 Å². The molecule has 1 fully saturated rings. The number of piperazine rings is 1. The Labute approximate surface area is 200 Å². The largest absolute Gasteiger partial charge is 0.490 e. The van der Waals surface area contributed by atoms with Gasteiger partial charge in [-0.15, -0.1) is 0 Å². The molecule has 1 aliphatic heterocycles. The molecule has 2 aromatic heterocycles. The minimum absolute atomic E-state index is 0.0602. The van der Waals surface area contributed by atoms with E-state index in [9.17, 15) is 14.9 Å². The van der Waals surface area contributed by atoms with E-state index in [0.29, 0.717) is 22.4 Å². The molecule has 11 nitrogen and oxygen atoms in total. The van der Waals surface area contributed by atoms with Gasteiger partial charge in [0.2, 0.25) is 5.95 Å². The predicted molar refractivity (Wildman–Crippen MR) is 135 cm³/mol. The highest BCUT2D eigenvalue weighted by molar-refractivity contribution is 6.05. The van der Waals surface area contributed by atoms with E-state index in [1.54, 1.807) is 13.2 Å². The molecule has 0 saturated carbocycles. The highest BCUT2D eigenvalue weighted by atomic mass is 16.6. The summed E-state index contributed by atoms with van der Waals surface area (Å²) < 4.78 is 6.61. The third-order valence-electron chi connectivity index (χ3n) is 6.41. The molecule has 0 bridgehead atoms. The molecule has 1 saturated heterocycles. The van der Waals surface area contributed by atoms with Crippen molar-refractivity contribution in [2.24, 2.45) is 7.05 Å². The van der Waals surface area contributed by atoms with Crippen molar-refractivity contribution in [3.8, 4) is 5.75 Å². The fourth-order valence-corrected chi connectivity index (χ4v) is 4.39. The van der Waals surface area contributed by atoms with Crippen molar-refractivity contribution < 1.29 is 9.66 Å². The van der Waals surface area contributed by atoms with Crippen LogP contribution < -0.4 is 20.5 Å². The fraction of sp³-hybridized carbons (Fsp3) is 0.292. The summed E-state index contributed by atoms with van der Waals surface area (Å²) in [5, 5.41) is 15.4. The minimum Gasteiger partial charge on any atom is -0.490 e. The highest BCUT2D eigenvalue weighted by Gasteiger charge is 2.21. The van der Waals surface area contributed by atoms with E-state index in [2.05, 4.69) is 44.3 Å². The van der Waals surface area contributed by atoms with Gasteiger partial charge in [0.15, 0.2) is 5.75 Å². The Hall–Kier alpha value is -4.25. The molecule has 0 aliphatic carbocycles. The molecule has 0 spiro atoms. The van der Waals surface area contributed by atoms with Crippen LogP contribution in [0, 0.1) is 10.1 Å². The molecule has 35 heavy (non-hydrogen) atoms. The third kappa shape index (κ3) is 4.10. The number of ether oxygens (including phenoxy) is 1. The minimum atomic E-state index is -0.567. The Balaban J connectivity index is 1.57. The van der Waals surface area contributed by atoms with Crippen molar-refractivity contribution in [3.05, 3.63) is 63.1 Å². The maximum absolute atomic E-state index is 12.9. The fourth-order valence-electron chi connectivity index (χ4n) is 4.39. The predicted octanol–water partition coefficient (Wildman–Crippen LogP) is 2.89. The van der Waals surface area contributed by atoms with E-state index >= 15 is 0 Å². The SMILES string of the molecule is COc1cc2c(cc1[N+](=O)[O-])c(=O)n(C)c1cnc(Nc3cccc(N4CCN(C)CC4)c3)nc21. The first-order valence-electron chi connectivity index (χ1n) is 11.2. The van der Waals surface area contributed by atoms with Crippen LogP contribution in [0.4, 0.5) is 23.0 Å². The van der Waals surface area contributed by atoms with Crippen LogP contribution in [0.3, 0.4) is 0 Å². The molecular weight excluding hydrogens is 450 g/mol. The van der Waals surface area contributed by atoms with Crippen molar-refractivity contribution in [1.82, 2.24) is 19.4 Å². The van der Waals surface area contributed by atoms with E-state index < -0.39 is 4.92 Å². The Morgan fingerprint density at radius 1 is 1.09 bits per heavy atom. The number of nitro benzene ring substituents is 1. The molecular formula is C24H25N7O4. The lowest BCUT2D eigenvalue weighted by molar-refractivity contribution is -0.385. The number of hydrogen-bond acceptors (Lipinski definition) is 9. The molecule has 0 radical (unpaired) electrons. The summed E-state index contributed by atoms with van der Waals surface area (Å²) in [7, 11) is 5.07. The van der Waals surface area contributed by atoms with Gasteiger partial charge in [-0.2, -0.15) is 0 Å². The van der Waals surface area contributed by atoms with Crippen molar-refractivity contribution in [2.75, 3.05) is 50.6 Å². The van der Waals surface area contributed by atoms with Crippen molar-refractivity contribution >= 4 is 44.8 Å². The molecule has 4 aromatic rings. The Morgan fingerprint density at radius 2 is 1.86 bits per heavy atom. The first-order valence-corrected chi connectivity index (χ1v) is 11.2. The van der Waals surface area contributed by atoms with Crippen LogP contribution in [0.15, 0.2) is 47.4 Å². The van der Waals surface area contributed by atoms with Crippen LogP contribution in [0.1, 0.15) is 0 Å². The van der Waals surface area contributed by atoms with Gasteiger partial charge in [0.25, 0.3) is 5.56 Å². The number of pyridine rings is 1. The molecule has 1 N–H and O–H groups in total. The molecule has 11 heteroatoms. The molecule has 5 rings (SSSR count). The number of anilines is 3. The summed E-state index contributed by atoms with van der Waals surface area (Å²) in [6.45, 7) is 3.94. The van der Waals surface area contributed by atoms with Gasteiger partial charge in [0.05, 0.1) is 29.1 Å². The normalized spacial score (nSPS) is 14.4. The van der Waals surface area contributed by atoms with Crippen LogP contribution in [-0.2, 0) is 7.05 Å². The van der Waals surface area contributed by atoms with Crippen LogP contribution in [0.2, 0.25) is 0 Å². The topological polar surface area (TPSA) is 119 Å². The van der Waals surface area contributed by atoms with Gasteiger partial charge in [-0.1, -0.05) is 6.07 Å². The molecule has 0 unspecified atom stereocenters. The first-order chi connectivity index (χ1) is 16.9. The number of benzene rings is 2. The van der Waals surface area contributed by atoms with Gasteiger partial charge in [-0.05, 0) is 31.3 Å². The van der Waals surface area contributed by atoms with Crippen molar-refractivity contribution in [2.45, 2.75) is 0 Å². The van der Waals surface area contributed by atoms with Gasteiger partial charge in [-0.3, -0.25) is 14.9 Å². The monoisotopic (exact) mass is 475 g/mol. The summed E-state index contributed by atoms with van der Waals surface area (Å²) >= 11 is 0. The standard InChI is InChI=1S/C24H25N7O4/c1-28-7-9-30(10-8-28)16-6-4-5-15(11-16)26-24-25-14-20-22(27-24)17-13-21(35-3)19(31(33)34)12-18(17)23(32)29(20)2/h4-6,11-14H,7-10H2,1-3H3,(H,25,26,27). The number of methoxy groups -OCH3 is 1. The average Bonchev–Trinajstić information content (AvgIpc) is 2.87. The number of aromatic nitrogens is 3. The smallest absolute Gasteiger partial charge is 0.311 e. The molecule has 1 aliphatic rings. The Bertz CT molecular complexity index is 1510. The van der Waals surface area contributed by atoms with Gasteiger partial charge in [-0.25, -0.2) is 9.97 Å². The molecule has 180 valence electrons. The van der Waals surface area contributed by atoms with Crippen molar-refractivity contribution in [3.63, 3.8) is 0 Å². The number of aryl methyl sites for hydroxylation is 1. The van der Waals surface area contributed by atoms with Crippen LogP contribution in [0.5, 0.6) is 5.75 Å². The lowest BCUT2D eigenvalue weighted by Gasteiger charge is -2.34. The summed E-state index contributed by atoms with van der Waals surface area (Å²) in [6.07, 6.45) is 1.57. The van der Waals surface area contributed by atoms with Gasteiger partial charge >= 0.3 is 5.69 Å². The molecule has 0 amide bonds. The molecule has 3 heterocycles. The summed E-state index contributed by atoms with van der Waals surface area (Å²) in [5.41, 5.74) is 2.31. The lowest BCUT2D eigenvalue weighted by Crippen LogP contribution is -2.44. The Kier molecular flexibility index (Phi) is 5.69. The maximum Gasteiger partial charge on any atom is 0.311 e. The second-order valence-electron chi connectivity index (χ2n) is 8.58. The van der Waals surface area contributed by atoms with E-state index in [0.717, 1.165) is 37.6 Å². The number of nitrogens with one attached hydrogen (secondary N) is 1. The van der Waals surface area contributed by atoms with E-state index in [4.69, 9.17) is 4.74 Å². The van der Waals surface area contributed by atoms with Crippen LogP contribution in [0.25, 0.3) is 21.8 Å². The summed E-state index contributed by atoms with van der Waals surface area (Å²) in [4.78, 5) is 37.6. The quantitative estimate of drug-likeness (QED) is 0.264. The van der Waals surface area contributed by atoms with Crippen molar-refractivity contribution in [1.29, 1.82) is 0 Å². The first kappa shape index (κ1) is 22.5. The highest BCUT2D eigenvalue weighted by Crippen LogP contribution is 2.33. The van der Waals surface area contributed by atoms with E-state index in [1.807, 2.05) is 12.1 Å². The maximum atomic E-state index is 12.9. The zero-order chi connectivity index (χ0) is 24.7. The number of fused-ring (bicyclic) bond motifs is 3. The molecule has 0 atom stereocenters. The van der Waals surface area contributed by atoms with Gasteiger partial charge in [0.1, 0.15) is 5.52 Å². The number of rotatable bonds is 5. The average molecular weight is 476 g/mol.